The Balaban J connectivity index is 1.45. The Bertz CT molecular complexity index is 1340. The molecular weight excluding hydrogens is 495 g/mol. The number of halogens is 2. The van der Waals surface area contributed by atoms with Crippen LogP contribution in [0.25, 0.3) is 0 Å². The van der Waals surface area contributed by atoms with Crippen LogP contribution in [-0.2, 0) is 9.59 Å². The van der Waals surface area contributed by atoms with Gasteiger partial charge in [-0.3, -0.25) is 9.59 Å². The first-order valence-corrected chi connectivity index (χ1v) is 11.1. The molecule has 1 aliphatic heterocycles. The summed E-state index contributed by atoms with van der Waals surface area (Å²) in [6.45, 7) is 2.34. The lowest BCUT2D eigenvalue weighted by Crippen LogP contribution is -2.32. The fourth-order valence-electron chi connectivity index (χ4n) is 3.26. The highest BCUT2D eigenvalue weighted by molar-refractivity contribution is 6.53. The molecule has 0 radical (unpaired) electrons. The predicted molar refractivity (Wildman–Crippen MR) is 131 cm³/mol. The van der Waals surface area contributed by atoms with Gasteiger partial charge in [0.15, 0.2) is 0 Å². The van der Waals surface area contributed by atoms with Gasteiger partial charge in [0, 0.05) is 11.8 Å². The second-order valence-electron chi connectivity index (χ2n) is 7.27. The number of carbonyl (C=O) groups is 3. The van der Waals surface area contributed by atoms with Crippen molar-refractivity contribution >= 4 is 52.4 Å². The second kappa shape index (κ2) is 10.1. The average molecular weight is 513 g/mol. The van der Waals surface area contributed by atoms with Gasteiger partial charge in [-0.15, -0.1) is 0 Å². The van der Waals surface area contributed by atoms with Crippen molar-refractivity contribution in [2.75, 3.05) is 16.8 Å². The number of imide groups is 1. The van der Waals surface area contributed by atoms with Gasteiger partial charge < -0.3 is 19.9 Å². The molecule has 3 aromatic rings. The molecule has 0 saturated heterocycles. The van der Waals surface area contributed by atoms with Gasteiger partial charge in [0.05, 0.1) is 22.9 Å². The fourth-order valence-corrected chi connectivity index (χ4v) is 3.59. The van der Waals surface area contributed by atoms with E-state index in [1.165, 1.54) is 42.5 Å². The minimum Gasteiger partial charge on any atom is -0.506 e. The summed E-state index contributed by atoms with van der Waals surface area (Å²) in [5.41, 5.74) is 0.908. The average Bonchev–Trinajstić information content (AvgIpc) is 3.05. The molecule has 35 heavy (non-hydrogen) atoms. The van der Waals surface area contributed by atoms with E-state index in [9.17, 15) is 19.5 Å². The molecule has 0 bridgehead atoms. The highest BCUT2D eigenvalue weighted by Gasteiger charge is 2.39. The lowest BCUT2D eigenvalue weighted by molar-refractivity contribution is -0.120. The summed E-state index contributed by atoms with van der Waals surface area (Å²) < 4.78 is 10.6. The number of carbonyl (C=O) groups excluding carboxylic acids is 3. The van der Waals surface area contributed by atoms with E-state index in [0.717, 1.165) is 4.90 Å². The fraction of sp³-hybridized carbons (Fsp3) is 0.0800. The van der Waals surface area contributed by atoms with Crippen molar-refractivity contribution in [3.8, 4) is 17.2 Å². The molecule has 0 fully saturated rings. The molecule has 178 valence electrons. The SMILES string of the molecule is CCOc1ccc(N2C(=O)C(Cl)=C(Nc3ccc(C(=O)Oc4ccc(Cl)c(O)c4)cc3)C2=O)cc1. The monoisotopic (exact) mass is 512 g/mol. The first kappa shape index (κ1) is 24.1. The van der Waals surface area contributed by atoms with Gasteiger partial charge in [0.25, 0.3) is 11.8 Å². The van der Waals surface area contributed by atoms with Crippen molar-refractivity contribution in [1.82, 2.24) is 0 Å². The zero-order chi connectivity index (χ0) is 25.1. The number of benzene rings is 3. The summed E-state index contributed by atoms with van der Waals surface area (Å²) >= 11 is 11.9. The molecule has 1 aliphatic rings. The number of phenolic OH excluding ortho intramolecular Hbond substituents is 1. The largest absolute Gasteiger partial charge is 0.506 e. The number of rotatable bonds is 7. The molecule has 0 aromatic heterocycles. The van der Waals surface area contributed by atoms with Crippen molar-refractivity contribution in [1.29, 1.82) is 0 Å². The van der Waals surface area contributed by atoms with E-state index in [0.29, 0.717) is 23.7 Å². The number of nitrogens with one attached hydrogen (secondary N) is 1. The van der Waals surface area contributed by atoms with E-state index >= 15 is 0 Å². The van der Waals surface area contributed by atoms with Crippen LogP contribution in [0.2, 0.25) is 5.02 Å². The number of aromatic hydroxyl groups is 1. The molecule has 8 nitrogen and oxygen atoms in total. The third kappa shape index (κ3) is 5.08. The van der Waals surface area contributed by atoms with Crippen molar-refractivity contribution in [3.05, 3.63) is 88.0 Å². The van der Waals surface area contributed by atoms with E-state index in [2.05, 4.69) is 5.32 Å². The summed E-state index contributed by atoms with van der Waals surface area (Å²) in [4.78, 5) is 38.9. The number of esters is 1. The molecule has 4 rings (SSSR count). The van der Waals surface area contributed by atoms with Gasteiger partial charge in [0.1, 0.15) is 28.0 Å². The molecule has 2 amide bonds. The third-order valence-electron chi connectivity index (χ3n) is 4.95. The lowest BCUT2D eigenvalue weighted by Gasteiger charge is -2.15. The van der Waals surface area contributed by atoms with Crippen LogP contribution in [-0.4, -0.2) is 29.5 Å². The summed E-state index contributed by atoms with van der Waals surface area (Å²) in [6, 6.07) is 16.6. The number of anilines is 2. The Labute approximate surface area is 210 Å². The van der Waals surface area contributed by atoms with Crippen LogP contribution in [0.3, 0.4) is 0 Å². The second-order valence-corrected chi connectivity index (χ2v) is 8.05. The maximum atomic E-state index is 12.9. The third-order valence-corrected chi connectivity index (χ3v) is 5.62. The summed E-state index contributed by atoms with van der Waals surface area (Å²) in [5.74, 6) is -1.41. The van der Waals surface area contributed by atoms with Gasteiger partial charge in [0.2, 0.25) is 0 Å². The number of hydrogen-bond donors (Lipinski definition) is 2. The van der Waals surface area contributed by atoms with Crippen molar-refractivity contribution in [2.45, 2.75) is 6.92 Å². The normalized spacial score (nSPS) is 13.3. The predicted octanol–water partition coefficient (Wildman–Crippen LogP) is 5.10. The minimum absolute atomic E-state index is 0.0856. The smallest absolute Gasteiger partial charge is 0.343 e. The maximum absolute atomic E-state index is 12.9. The number of nitrogens with zero attached hydrogens (tertiary/aromatic N) is 1. The molecule has 0 unspecified atom stereocenters. The Morgan fingerprint density at radius 2 is 1.60 bits per heavy atom. The van der Waals surface area contributed by atoms with Gasteiger partial charge in [-0.05, 0) is 67.6 Å². The number of phenols is 1. The van der Waals surface area contributed by atoms with Gasteiger partial charge >= 0.3 is 5.97 Å². The summed E-state index contributed by atoms with van der Waals surface area (Å²) in [5, 5.41) is 12.4. The highest BCUT2D eigenvalue weighted by Crippen LogP contribution is 2.31. The quantitative estimate of drug-likeness (QED) is 0.257. The topological polar surface area (TPSA) is 105 Å². The lowest BCUT2D eigenvalue weighted by atomic mass is 10.2. The number of ether oxygens (including phenoxy) is 2. The van der Waals surface area contributed by atoms with Crippen LogP contribution in [0, 0.1) is 0 Å². The number of amides is 2. The molecule has 10 heteroatoms. The maximum Gasteiger partial charge on any atom is 0.343 e. The number of hydrogen-bond acceptors (Lipinski definition) is 7. The van der Waals surface area contributed by atoms with Gasteiger partial charge in [-0.1, -0.05) is 23.2 Å². The van der Waals surface area contributed by atoms with Crippen LogP contribution in [0.1, 0.15) is 17.3 Å². The Hall–Kier alpha value is -4.01. The first-order chi connectivity index (χ1) is 16.8. The van der Waals surface area contributed by atoms with Crippen LogP contribution >= 0.6 is 23.2 Å². The van der Waals surface area contributed by atoms with Crippen LogP contribution < -0.4 is 19.7 Å². The van der Waals surface area contributed by atoms with E-state index in [1.54, 1.807) is 24.3 Å². The van der Waals surface area contributed by atoms with Crippen LogP contribution in [0.15, 0.2) is 77.5 Å². The zero-order valence-electron chi connectivity index (χ0n) is 18.2. The van der Waals surface area contributed by atoms with E-state index in [4.69, 9.17) is 32.7 Å². The molecule has 0 aliphatic carbocycles. The Morgan fingerprint density at radius 1 is 0.943 bits per heavy atom. The van der Waals surface area contributed by atoms with Gasteiger partial charge in [-0.25, -0.2) is 9.69 Å². The molecule has 0 saturated carbocycles. The molecule has 1 heterocycles. The summed E-state index contributed by atoms with van der Waals surface area (Å²) in [6.07, 6.45) is 0. The van der Waals surface area contributed by atoms with Crippen LogP contribution in [0.5, 0.6) is 17.2 Å². The highest BCUT2D eigenvalue weighted by atomic mass is 35.5. The van der Waals surface area contributed by atoms with Crippen molar-refractivity contribution in [2.24, 2.45) is 0 Å². The molecular formula is C25H18Cl2N2O6. The van der Waals surface area contributed by atoms with Crippen LogP contribution in [0.4, 0.5) is 11.4 Å². The first-order valence-electron chi connectivity index (χ1n) is 10.4. The van der Waals surface area contributed by atoms with Gasteiger partial charge in [-0.2, -0.15) is 0 Å². The standard InChI is InChI=1S/C25H18Cl2N2O6/c1-2-34-17-9-7-16(8-10-17)29-23(31)21(27)22(24(29)32)28-15-5-3-14(4-6-15)25(33)35-18-11-12-19(26)20(30)13-18/h3-13,28,30H,2H2,1H3. The van der Waals surface area contributed by atoms with E-state index in [1.807, 2.05) is 6.92 Å². The molecule has 3 aromatic carbocycles. The van der Waals surface area contributed by atoms with E-state index < -0.39 is 17.8 Å². The molecule has 2 N–H and O–H groups in total. The molecule has 0 spiro atoms. The Morgan fingerprint density at radius 3 is 2.23 bits per heavy atom. The Kier molecular flexibility index (Phi) is 6.95. The zero-order valence-corrected chi connectivity index (χ0v) is 19.8. The van der Waals surface area contributed by atoms with Crippen molar-refractivity contribution in [3.63, 3.8) is 0 Å². The summed E-state index contributed by atoms with van der Waals surface area (Å²) in [7, 11) is 0. The van der Waals surface area contributed by atoms with E-state index in [-0.39, 0.29) is 32.8 Å². The molecule has 0 atom stereocenters. The van der Waals surface area contributed by atoms with Crippen molar-refractivity contribution < 1.29 is 29.0 Å². The minimum atomic E-state index is -0.663.